The minimum atomic E-state index is -0.816. The molecule has 17 heavy (non-hydrogen) atoms. The van der Waals surface area contributed by atoms with Crippen molar-refractivity contribution in [2.75, 3.05) is 7.11 Å². The van der Waals surface area contributed by atoms with E-state index in [0.717, 1.165) is 22.6 Å². The predicted octanol–water partition coefficient (Wildman–Crippen LogP) is 1.60. The van der Waals surface area contributed by atoms with Gasteiger partial charge in [-0.15, -0.1) is 0 Å². The van der Waals surface area contributed by atoms with Crippen molar-refractivity contribution in [3.8, 4) is 5.75 Å². The number of aromatic nitrogens is 2. The standard InChI is InChI=1S/C12H14N2O3/c1-14-10(6-7-11(15)16)13-8-4-3-5-9(17-2)12(8)14/h3-5H,6-7H2,1-2H3,(H,15,16). The Morgan fingerprint density at radius 1 is 1.53 bits per heavy atom. The van der Waals surface area contributed by atoms with E-state index in [-0.39, 0.29) is 6.42 Å². The van der Waals surface area contributed by atoms with Crippen LogP contribution in [0.25, 0.3) is 11.0 Å². The molecule has 0 aliphatic carbocycles. The molecule has 1 N–H and O–H groups in total. The quantitative estimate of drug-likeness (QED) is 0.872. The number of carbonyl (C=O) groups is 1. The molecule has 0 spiro atoms. The molecule has 5 heteroatoms. The number of aryl methyl sites for hydroxylation is 2. The zero-order valence-corrected chi connectivity index (χ0v) is 9.80. The molecule has 0 bridgehead atoms. The molecule has 2 rings (SSSR count). The summed E-state index contributed by atoms with van der Waals surface area (Å²) in [6.45, 7) is 0. The highest BCUT2D eigenvalue weighted by molar-refractivity contribution is 5.82. The van der Waals surface area contributed by atoms with E-state index in [0.29, 0.717) is 6.42 Å². The van der Waals surface area contributed by atoms with Crippen molar-refractivity contribution in [1.29, 1.82) is 0 Å². The summed E-state index contributed by atoms with van der Waals surface area (Å²) in [6, 6.07) is 5.63. The Labute approximate surface area is 98.6 Å². The molecule has 90 valence electrons. The highest BCUT2D eigenvalue weighted by Gasteiger charge is 2.12. The van der Waals surface area contributed by atoms with E-state index in [4.69, 9.17) is 9.84 Å². The number of ether oxygens (including phenoxy) is 1. The number of nitrogens with zero attached hydrogens (tertiary/aromatic N) is 2. The number of aliphatic carboxylic acids is 1. The second-order valence-electron chi connectivity index (χ2n) is 3.81. The Bertz CT molecular complexity index is 560. The number of hydrogen-bond acceptors (Lipinski definition) is 3. The number of fused-ring (bicyclic) bond motifs is 1. The number of hydrogen-bond donors (Lipinski definition) is 1. The summed E-state index contributed by atoms with van der Waals surface area (Å²) < 4.78 is 7.16. The molecule has 0 atom stereocenters. The SMILES string of the molecule is COc1cccc2nc(CCC(=O)O)n(C)c12. The Balaban J connectivity index is 2.45. The lowest BCUT2D eigenvalue weighted by atomic mass is 10.3. The van der Waals surface area contributed by atoms with Gasteiger partial charge in [-0.3, -0.25) is 4.79 Å². The molecule has 5 nitrogen and oxygen atoms in total. The topological polar surface area (TPSA) is 64.3 Å². The average Bonchev–Trinajstić information content (AvgIpc) is 2.64. The van der Waals surface area contributed by atoms with Crippen LogP contribution in [-0.2, 0) is 18.3 Å². The number of carboxylic acid groups (broad SMARTS) is 1. The van der Waals surface area contributed by atoms with Crippen LogP contribution >= 0.6 is 0 Å². The highest BCUT2D eigenvalue weighted by atomic mass is 16.5. The fraction of sp³-hybridized carbons (Fsp3) is 0.333. The van der Waals surface area contributed by atoms with Gasteiger partial charge in [-0.25, -0.2) is 4.98 Å². The first-order valence-electron chi connectivity index (χ1n) is 5.33. The van der Waals surface area contributed by atoms with Gasteiger partial charge in [0.05, 0.1) is 19.0 Å². The van der Waals surface area contributed by atoms with Crippen molar-refractivity contribution in [2.45, 2.75) is 12.8 Å². The Hall–Kier alpha value is -2.04. The Morgan fingerprint density at radius 3 is 2.94 bits per heavy atom. The van der Waals surface area contributed by atoms with E-state index >= 15 is 0 Å². The molecule has 0 saturated heterocycles. The fourth-order valence-corrected chi connectivity index (χ4v) is 1.89. The lowest BCUT2D eigenvalue weighted by Gasteiger charge is -2.04. The summed E-state index contributed by atoms with van der Waals surface area (Å²) in [4.78, 5) is 15.0. The van der Waals surface area contributed by atoms with Crippen molar-refractivity contribution in [3.63, 3.8) is 0 Å². The monoisotopic (exact) mass is 234 g/mol. The summed E-state index contributed by atoms with van der Waals surface area (Å²) in [6.07, 6.45) is 0.503. The highest BCUT2D eigenvalue weighted by Crippen LogP contribution is 2.25. The van der Waals surface area contributed by atoms with Gasteiger partial charge in [-0.1, -0.05) is 6.07 Å². The van der Waals surface area contributed by atoms with Crippen molar-refractivity contribution >= 4 is 17.0 Å². The van der Waals surface area contributed by atoms with Crippen LogP contribution in [0, 0.1) is 0 Å². The van der Waals surface area contributed by atoms with E-state index in [1.165, 1.54) is 0 Å². The second kappa shape index (κ2) is 4.45. The first-order chi connectivity index (χ1) is 8.13. The van der Waals surface area contributed by atoms with E-state index in [1.807, 2.05) is 29.8 Å². The first-order valence-corrected chi connectivity index (χ1v) is 5.33. The lowest BCUT2D eigenvalue weighted by Crippen LogP contribution is -2.03. The number of benzene rings is 1. The maximum Gasteiger partial charge on any atom is 0.303 e. The number of imidazole rings is 1. The zero-order valence-electron chi connectivity index (χ0n) is 9.80. The predicted molar refractivity (Wildman–Crippen MR) is 63.2 cm³/mol. The summed E-state index contributed by atoms with van der Waals surface area (Å²) >= 11 is 0. The molecule has 1 heterocycles. The summed E-state index contributed by atoms with van der Waals surface area (Å²) in [5.74, 6) is 0.690. The molecule has 1 aromatic heterocycles. The van der Waals surface area contributed by atoms with Gasteiger partial charge in [0.25, 0.3) is 0 Å². The molecular formula is C12H14N2O3. The van der Waals surface area contributed by atoms with Crippen LogP contribution in [0.5, 0.6) is 5.75 Å². The molecular weight excluding hydrogens is 220 g/mol. The minimum absolute atomic E-state index is 0.0828. The van der Waals surface area contributed by atoms with Gasteiger partial charge in [-0.05, 0) is 12.1 Å². The maximum atomic E-state index is 10.6. The van der Waals surface area contributed by atoms with E-state index in [1.54, 1.807) is 7.11 Å². The molecule has 1 aromatic carbocycles. The maximum absolute atomic E-state index is 10.6. The number of methoxy groups -OCH3 is 1. The van der Waals surface area contributed by atoms with Crippen LogP contribution in [0.15, 0.2) is 18.2 Å². The minimum Gasteiger partial charge on any atom is -0.494 e. The van der Waals surface area contributed by atoms with E-state index in [9.17, 15) is 4.79 Å². The summed E-state index contributed by atoms with van der Waals surface area (Å²) in [5, 5.41) is 8.68. The van der Waals surface area contributed by atoms with Crippen LogP contribution < -0.4 is 4.74 Å². The summed E-state index contributed by atoms with van der Waals surface area (Å²) in [7, 11) is 3.48. The van der Waals surface area contributed by atoms with Crippen LogP contribution in [-0.4, -0.2) is 27.7 Å². The average molecular weight is 234 g/mol. The Morgan fingerprint density at radius 2 is 2.29 bits per heavy atom. The molecule has 0 aliphatic heterocycles. The largest absolute Gasteiger partial charge is 0.494 e. The van der Waals surface area contributed by atoms with E-state index < -0.39 is 5.97 Å². The van der Waals surface area contributed by atoms with Crippen molar-refractivity contribution in [2.24, 2.45) is 7.05 Å². The fourth-order valence-electron chi connectivity index (χ4n) is 1.89. The van der Waals surface area contributed by atoms with Gasteiger partial charge < -0.3 is 14.4 Å². The molecule has 0 unspecified atom stereocenters. The van der Waals surface area contributed by atoms with Crippen LogP contribution in [0.2, 0.25) is 0 Å². The third kappa shape index (κ3) is 2.08. The van der Waals surface area contributed by atoms with E-state index in [2.05, 4.69) is 4.98 Å². The van der Waals surface area contributed by atoms with Crippen LogP contribution in [0.4, 0.5) is 0 Å². The van der Waals surface area contributed by atoms with Gasteiger partial charge in [0.1, 0.15) is 17.1 Å². The molecule has 0 saturated carbocycles. The third-order valence-electron chi connectivity index (χ3n) is 2.73. The third-order valence-corrected chi connectivity index (χ3v) is 2.73. The van der Waals surface area contributed by atoms with Gasteiger partial charge in [0, 0.05) is 13.5 Å². The van der Waals surface area contributed by atoms with Crippen molar-refractivity contribution in [3.05, 3.63) is 24.0 Å². The normalized spacial score (nSPS) is 10.7. The Kier molecular flexibility index (Phi) is 2.99. The van der Waals surface area contributed by atoms with Crippen LogP contribution in [0.3, 0.4) is 0 Å². The molecule has 0 aliphatic rings. The van der Waals surface area contributed by atoms with Gasteiger partial charge in [0.2, 0.25) is 0 Å². The molecule has 2 aromatic rings. The van der Waals surface area contributed by atoms with Crippen molar-refractivity contribution < 1.29 is 14.6 Å². The second-order valence-corrected chi connectivity index (χ2v) is 3.81. The smallest absolute Gasteiger partial charge is 0.303 e. The van der Waals surface area contributed by atoms with Gasteiger partial charge in [-0.2, -0.15) is 0 Å². The number of para-hydroxylation sites is 1. The zero-order chi connectivity index (χ0) is 12.4. The molecule has 0 amide bonds. The first kappa shape index (κ1) is 11.4. The van der Waals surface area contributed by atoms with Gasteiger partial charge >= 0.3 is 5.97 Å². The van der Waals surface area contributed by atoms with Crippen LogP contribution in [0.1, 0.15) is 12.2 Å². The van der Waals surface area contributed by atoms with Crippen molar-refractivity contribution in [1.82, 2.24) is 9.55 Å². The molecule has 0 radical (unpaired) electrons. The lowest BCUT2D eigenvalue weighted by molar-refractivity contribution is -0.137. The number of carboxylic acids is 1. The van der Waals surface area contributed by atoms with Gasteiger partial charge in [0.15, 0.2) is 0 Å². The molecule has 0 fully saturated rings. The summed E-state index contributed by atoms with van der Waals surface area (Å²) in [5.41, 5.74) is 1.72. The number of rotatable bonds is 4.